The van der Waals surface area contributed by atoms with Crippen molar-refractivity contribution in [1.82, 2.24) is 0 Å². The number of nitrogens with zero attached hydrogens (tertiary/aromatic N) is 1. The van der Waals surface area contributed by atoms with Crippen LogP contribution in [-0.2, 0) is 10.1 Å². The predicted octanol–water partition coefficient (Wildman–Crippen LogP) is 2.59. The Morgan fingerprint density at radius 3 is 2.69 bits per heavy atom. The molecule has 0 aliphatic rings. The molecule has 86 valence electrons. The minimum absolute atomic E-state index is 0.139. The summed E-state index contributed by atoms with van der Waals surface area (Å²) in [6, 6.07) is 2.03. The van der Waals surface area contributed by atoms with Crippen molar-refractivity contribution >= 4 is 33.2 Å². The van der Waals surface area contributed by atoms with Crippen LogP contribution < -0.4 is 5.32 Å². The highest BCUT2D eigenvalue weighted by Crippen LogP contribution is 2.28. The van der Waals surface area contributed by atoms with Crippen LogP contribution in [0.15, 0.2) is 12.1 Å². The lowest BCUT2D eigenvalue weighted by Crippen LogP contribution is -2.09. The minimum Gasteiger partial charge on any atom is -0.321 e. The smallest absolute Gasteiger partial charge is 0.293 e. The Labute approximate surface area is 98.9 Å². The number of carbonyl (C=O) groups excluding carboxylic acids is 1. The van der Waals surface area contributed by atoms with Gasteiger partial charge in [-0.1, -0.05) is 15.9 Å². The first-order valence-corrected chi connectivity index (χ1v) is 5.38. The van der Waals surface area contributed by atoms with Crippen LogP contribution in [0.5, 0.6) is 0 Å². The maximum Gasteiger partial charge on any atom is 0.293 e. The summed E-state index contributed by atoms with van der Waals surface area (Å²) in [6.45, 7) is 1.19. The quantitative estimate of drug-likeness (QED) is 0.528. The van der Waals surface area contributed by atoms with E-state index in [1.165, 1.54) is 6.92 Å². The Balaban J connectivity index is 3.30. The molecule has 1 N–H and O–H groups in total. The fourth-order valence-electron chi connectivity index (χ4n) is 1.15. The highest BCUT2D eigenvalue weighted by Gasteiger charge is 2.18. The Kier molecular flexibility index (Phi) is 3.94. The lowest BCUT2D eigenvalue weighted by atomic mass is 10.2. The zero-order valence-corrected chi connectivity index (χ0v) is 9.88. The van der Waals surface area contributed by atoms with E-state index < -0.39 is 16.6 Å². The zero-order valence-electron chi connectivity index (χ0n) is 8.29. The van der Waals surface area contributed by atoms with Gasteiger partial charge in [0.1, 0.15) is 11.5 Å². The molecule has 0 saturated heterocycles. The van der Waals surface area contributed by atoms with Crippen LogP contribution in [0.3, 0.4) is 0 Å². The predicted molar refractivity (Wildman–Crippen MR) is 60.0 cm³/mol. The number of nitro benzene ring substituents is 1. The molecule has 0 spiro atoms. The van der Waals surface area contributed by atoms with E-state index in [1.54, 1.807) is 0 Å². The van der Waals surface area contributed by atoms with Crippen molar-refractivity contribution in [3.05, 3.63) is 33.6 Å². The van der Waals surface area contributed by atoms with E-state index in [-0.39, 0.29) is 22.3 Å². The summed E-state index contributed by atoms with van der Waals surface area (Å²) < 4.78 is 13.3. The number of amides is 1. The van der Waals surface area contributed by atoms with Crippen LogP contribution in [0.2, 0.25) is 0 Å². The van der Waals surface area contributed by atoms with Crippen molar-refractivity contribution in [2.75, 3.05) is 5.32 Å². The number of alkyl halides is 1. The molecule has 7 heteroatoms. The van der Waals surface area contributed by atoms with Gasteiger partial charge in [-0.15, -0.1) is 0 Å². The average molecular weight is 291 g/mol. The molecule has 1 aromatic carbocycles. The van der Waals surface area contributed by atoms with Crippen LogP contribution in [0.1, 0.15) is 12.5 Å². The van der Waals surface area contributed by atoms with Crippen molar-refractivity contribution in [3.8, 4) is 0 Å². The number of hydrogen-bond acceptors (Lipinski definition) is 3. The van der Waals surface area contributed by atoms with Gasteiger partial charge in [0.05, 0.1) is 4.92 Å². The van der Waals surface area contributed by atoms with Crippen molar-refractivity contribution in [2.24, 2.45) is 0 Å². The van der Waals surface area contributed by atoms with Gasteiger partial charge >= 0.3 is 0 Å². The molecule has 0 aromatic heterocycles. The Morgan fingerprint density at radius 1 is 1.62 bits per heavy atom. The number of anilines is 1. The molecular weight excluding hydrogens is 283 g/mol. The molecule has 0 bridgehead atoms. The summed E-state index contributed by atoms with van der Waals surface area (Å²) in [5.41, 5.74) is -0.299. The van der Waals surface area contributed by atoms with Gasteiger partial charge in [-0.25, -0.2) is 4.39 Å². The summed E-state index contributed by atoms with van der Waals surface area (Å²) in [6.07, 6.45) is 0. The van der Waals surface area contributed by atoms with E-state index in [0.29, 0.717) is 0 Å². The molecule has 1 aromatic rings. The fraction of sp³-hybridized carbons (Fsp3) is 0.222. The molecule has 1 rings (SSSR count). The molecule has 0 heterocycles. The van der Waals surface area contributed by atoms with Crippen molar-refractivity contribution < 1.29 is 14.1 Å². The number of nitro groups is 1. The van der Waals surface area contributed by atoms with E-state index in [2.05, 4.69) is 21.2 Å². The summed E-state index contributed by atoms with van der Waals surface area (Å²) in [7, 11) is 0. The molecule has 0 atom stereocenters. The van der Waals surface area contributed by atoms with Crippen LogP contribution in [0.25, 0.3) is 0 Å². The first-order chi connectivity index (χ1) is 7.45. The van der Waals surface area contributed by atoms with Gasteiger partial charge in [-0.2, -0.15) is 0 Å². The molecule has 0 fully saturated rings. The first kappa shape index (κ1) is 12.6. The van der Waals surface area contributed by atoms with E-state index in [4.69, 9.17) is 0 Å². The highest BCUT2D eigenvalue weighted by atomic mass is 79.9. The van der Waals surface area contributed by atoms with Crippen molar-refractivity contribution in [2.45, 2.75) is 12.3 Å². The number of nitrogens with one attached hydrogen (secondary N) is 1. The molecule has 0 aliphatic carbocycles. The lowest BCUT2D eigenvalue weighted by molar-refractivity contribution is -0.384. The van der Waals surface area contributed by atoms with E-state index >= 15 is 0 Å². The second-order valence-corrected chi connectivity index (χ2v) is 3.59. The second kappa shape index (κ2) is 5.02. The average Bonchev–Trinajstić information content (AvgIpc) is 2.16. The summed E-state index contributed by atoms with van der Waals surface area (Å²) in [4.78, 5) is 20.8. The number of benzene rings is 1. The van der Waals surface area contributed by atoms with Crippen molar-refractivity contribution in [1.29, 1.82) is 0 Å². The molecule has 16 heavy (non-hydrogen) atoms. The number of halogens is 2. The number of hydrogen-bond donors (Lipinski definition) is 1. The number of rotatable bonds is 3. The van der Waals surface area contributed by atoms with Gasteiger partial charge in [-0.05, 0) is 0 Å². The topological polar surface area (TPSA) is 72.2 Å². The van der Waals surface area contributed by atoms with Gasteiger partial charge in [0, 0.05) is 30.0 Å². The molecule has 0 aliphatic heterocycles. The third kappa shape index (κ3) is 2.75. The maximum absolute atomic E-state index is 13.3. The maximum atomic E-state index is 13.3. The fourth-order valence-corrected chi connectivity index (χ4v) is 1.58. The van der Waals surface area contributed by atoms with Crippen LogP contribution >= 0.6 is 15.9 Å². The van der Waals surface area contributed by atoms with Crippen molar-refractivity contribution in [3.63, 3.8) is 0 Å². The van der Waals surface area contributed by atoms with Crippen LogP contribution in [-0.4, -0.2) is 10.8 Å². The Morgan fingerprint density at radius 2 is 2.25 bits per heavy atom. The molecule has 0 saturated carbocycles. The molecular formula is C9H8BrFN2O3. The first-order valence-electron chi connectivity index (χ1n) is 4.26. The largest absolute Gasteiger partial charge is 0.321 e. The van der Waals surface area contributed by atoms with Crippen LogP contribution in [0.4, 0.5) is 15.8 Å². The van der Waals surface area contributed by atoms with E-state index in [0.717, 1.165) is 12.1 Å². The molecule has 1 amide bonds. The van der Waals surface area contributed by atoms with Gasteiger partial charge in [0.25, 0.3) is 5.69 Å². The van der Waals surface area contributed by atoms with Gasteiger partial charge in [0.15, 0.2) is 0 Å². The van der Waals surface area contributed by atoms with Gasteiger partial charge < -0.3 is 5.32 Å². The lowest BCUT2D eigenvalue weighted by Gasteiger charge is -2.06. The normalized spacial score (nSPS) is 9.94. The molecule has 5 nitrogen and oxygen atoms in total. The van der Waals surface area contributed by atoms with Gasteiger partial charge in [0.2, 0.25) is 5.91 Å². The Bertz CT molecular complexity index is 451. The van der Waals surface area contributed by atoms with E-state index in [1.807, 2.05) is 0 Å². The Hall–Kier alpha value is -1.50. The molecule has 0 unspecified atom stereocenters. The second-order valence-electron chi connectivity index (χ2n) is 3.03. The van der Waals surface area contributed by atoms with E-state index in [9.17, 15) is 19.3 Å². The standard InChI is InChI=1S/C9H8BrFN2O3/c1-5(14)12-8-3-7(11)6(4-10)2-9(8)13(15)16/h2-3H,4H2,1H3,(H,12,14). The molecule has 0 radical (unpaired) electrons. The highest BCUT2D eigenvalue weighted by molar-refractivity contribution is 9.08. The van der Waals surface area contributed by atoms with Gasteiger partial charge in [-0.3, -0.25) is 14.9 Å². The third-order valence-corrected chi connectivity index (χ3v) is 2.42. The minimum atomic E-state index is -0.670. The summed E-state index contributed by atoms with van der Waals surface area (Å²) in [5.74, 6) is -1.10. The zero-order chi connectivity index (χ0) is 12.3. The SMILES string of the molecule is CC(=O)Nc1cc(F)c(CBr)cc1[N+](=O)[O-]. The third-order valence-electron chi connectivity index (χ3n) is 1.82. The summed E-state index contributed by atoms with van der Waals surface area (Å²) >= 11 is 3.02. The summed E-state index contributed by atoms with van der Waals surface area (Å²) in [5, 5.41) is 13.1. The monoisotopic (exact) mass is 290 g/mol. The van der Waals surface area contributed by atoms with Crippen LogP contribution in [0, 0.1) is 15.9 Å². The number of carbonyl (C=O) groups is 1.